The van der Waals surface area contributed by atoms with Crippen LogP contribution in [0.2, 0.25) is 0 Å². The summed E-state index contributed by atoms with van der Waals surface area (Å²) in [5.41, 5.74) is 4.12. The highest BCUT2D eigenvalue weighted by atomic mass is 15.0. The second-order valence-electron chi connectivity index (χ2n) is 3.21. The highest BCUT2D eigenvalue weighted by molar-refractivity contribution is 5.56. The molecule has 2 heterocycles. The molecular formula is C11H14N2. The van der Waals surface area contributed by atoms with E-state index >= 15 is 0 Å². The molecule has 0 aliphatic carbocycles. The molecule has 0 radical (unpaired) electrons. The van der Waals surface area contributed by atoms with Crippen LogP contribution in [0.3, 0.4) is 0 Å². The first kappa shape index (κ1) is 8.30. The minimum atomic E-state index is 1.08. The summed E-state index contributed by atoms with van der Waals surface area (Å²) in [7, 11) is 0. The fraction of sp³-hybridized carbons (Fsp3) is 0.364. The van der Waals surface area contributed by atoms with E-state index in [1.54, 1.807) is 0 Å². The molecule has 0 atom stereocenters. The zero-order valence-corrected chi connectivity index (χ0v) is 8.12. The third-order valence-electron chi connectivity index (χ3n) is 2.53. The van der Waals surface area contributed by atoms with Crippen molar-refractivity contribution < 1.29 is 0 Å². The Morgan fingerprint density at radius 1 is 1.31 bits per heavy atom. The van der Waals surface area contributed by atoms with Crippen LogP contribution in [0, 0.1) is 0 Å². The molecule has 0 N–H and O–H groups in total. The molecule has 0 fully saturated rings. The van der Waals surface area contributed by atoms with Crippen LogP contribution >= 0.6 is 0 Å². The molecule has 68 valence electrons. The fourth-order valence-corrected chi connectivity index (χ4v) is 1.83. The molecule has 2 aromatic rings. The summed E-state index contributed by atoms with van der Waals surface area (Å²) in [6, 6.07) is 2.19. The molecule has 2 aromatic heterocycles. The number of hydrogen-bond donors (Lipinski definition) is 0. The van der Waals surface area contributed by atoms with Gasteiger partial charge in [-0.2, -0.15) is 0 Å². The van der Waals surface area contributed by atoms with Gasteiger partial charge in [0, 0.05) is 6.20 Å². The first-order valence-electron chi connectivity index (χ1n) is 4.79. The van der Waals surface area contributed by atoms with Crippen LogP contribution in [-0.2, 0) is 12.8 Å². The van der Waals surface area contributed by atoms with E-state index in [1.165, 1.54) is 16.6 Å². The third kappa shape index (κ3) is 1.22. The predicted octanol–water partition coefficient (Wildman–Crippen LogP) is 2.46. The summed E-state index contributed by atoms with van der Waals surface area (Å²) < 4.78 is 2.08. The smallest absolute Gasteiger partial charge is 0.0992 e. The van der Waals surface area contributed by atoms with E-state index in [4.69, 9.17) is 0 Å². The molecule has 0 saturated heterocycles. The Labute approximate surface area is 78.2 Å². The van der Waals surface area contributed by atoms with E-state index in [1.807, 2.05) is 12.5 Å². The summed E-state index contributed by atoms with van der Waals surface area (Å²) in [4.78, 5) is 4.15. The Hall–Kier alpha value is -1.31. The van der Waals surface area contributed by atoms with E-state index in [0.717, 1.165) is 12.8 Å². The number of aromatic nitrogens is 2. The molecule has 0 amide bonds. The van der Waals surface area contributed by atoms with Crippen LogP contribution < -0.4 is 0 Å². The molecule has 13 heavy (non-hydrogen) atoms. The van der Waals surface area contributed by atoms with Crippen LogP contribution in [-0.4, -0.2) is 9.38 Å². The quantitative estimate of drug-likeness (QED) is 0.683. The van der Waals surface area contributed by atoms with Crippen molar-refractivity contribution in [2.45, 2.75) is 26.7 Å². The second-order valence-corrected chi connectivity index (χ2v) is 3.21. The summed E-state index contributed by atoms with van der Waals surface area (Å²) in [5.74, 6) is 0. The molecule has 0 aliphatic heterocycles. The van der Waals surface area contributed by atoms with Gasteiger partial charge in [-0.05, 0) is 30.0 Å². The lowest BCUT2D eigenvalue weighted by Crippen LogP contribution is -1.95. The number of pyridine rings is 1. The average Bonchev–Trinajstić information content (AvgIpc) is 2.63. The number of nitrogens with zero attached hydrogens (tertiary/aromatic N) is 2. The minimum Gasteiger partial charge on any atom is -0.306 e. The maximum Gasteiger partial charge on any atom is 0.0992 e. The molecule has 0 bridgehead atoms. The summed E-state index contributed by atoms with van der Waals surface area (Å²) in [5, 5.41) is 0. The molecule has 0 aliphatic rings. The van der Waals surface area contributed by atoms with Crippen LogP contribution in [0.15, 0.2) is 24.8 Å². The number of rotatable bonds is 2. The van der Waals surface area contributed by atoms with E-state index < -0.39 is 0 Å². The van der Waals surface area contributed by atoms with Gasteiger partial charge in [-0.25, -0.2) is 4.98 Å². The van der Waals surface area contributed by atoms with Gasteiger partial charge in [-0.3, -0.25) is 0 Å². The summed E-state index contributed by atoms with van der Waals surface area (Å²) in [6.07, 6.45) is 8.07. The lowest BCUT2D eigenvalue weighted by molar-refractivity contribution is 1.01. The number of hydrogen-bond acceptors (Lipinski definition) is 1. The first-order chi connectivity index (χ1) is 6.36. The number of imidazole rings is 1. The molecule has 0 unspecified atom stereocenters. The highest BCUT2D eigenvalue weighted by Crippen LogP contribution is 2.16. The first-order valence-corrected chi connectivity index (χ1v) is 4.79. The van der Waals surface area contributed by atoms with Gasteiger partial charge in [0.1, 0.15) is 0 Å². The number of aryl methyl sites for hydroxylation is 2. The van der Waals surface area contributed by atoms with Crippen molar-refractivity contribution in [2.24, 2.45) is 0 Å². The molecule has 0 saturated carbocycles. The van der Waals surface area contributed by atoms with E-state index in [-0.39, 0.29) is 0 Å². The zero-order valence-electron chi connectivity index (χ0n) is 8.12. The maximum atomic E-state index is 4.15. The van der Waals surface area contributed by atoms with Crippen molar-refractivity contribution in [1.82, 2.24) is 9.38 Å². The highest BCUT2D eigenvalue weighted by Gasteiger charge is 2.04. The Kier molecular flexibility index (Phi) is 2.05. The Balaban J connectivity index is 2.74. The lowest BCUT2D eigenvalue weighted by Gasteiger charge is -2.07. The standard InChI is InChI=1S/C11H14N2/c1-3-9-5-6-13-8-12-7-11(13)10(9)4-2/h5-8H,3-4H2,1-2H3. The van der Waals surface area contributed by atoms with Crippen molar-refractivity contribution >= 4 is 5.52 Å². The second kappa shape index (κ2) is 3.21. The van der Waals surface area contributed by atoms with Gasteiger partial charge in [-0.1, -0.05) is 13.8 Å². The molecule has 0 spiro atoms. The monoisotopic (exact) mass is 174 g/mol. The van der Waals surface area contributed by atoms with Crippen molar-refractivity contribution in [3.8, 4) is 0 Å². The maximum absolute atomic E-state index is 4.15. The summed E-state index contributed by atoms with van der Waals surface area (Å²) >= 11 is 0. The van der Waals surface area contributed by atoms with E-state index in [9.17, 15) is 0 Å². The molecule has 0 aromatic carbocycles. The van der Waals surface area contributed by atoms with Gasteiger partial charge < -0.3 is 4.40 Å². The van der Waals surface area contributed by atoms with Gasteiger partial charge in [0.2, 0.25) is 0 Å². The van der Waals surface area contributed by atoms with Gasteiger partial charge in [0.25, 0.3) is 0 Å². The van der Waals surface area contributed by atoms with Crippen molar-refractivity contribution in [2.75, 3.05) is 0 Å². The Bertz CT molecular complexity index is 415. The van der Waals surface area contributed by atoms with Crippen LogP contribution in [0.5, 0.6) is 0 Å². The predicted molar refractivity (Wildman–Crippen MR) is 53.9 cm³/mol. The van der Waals surface area contributed by atoms with Crippen molar-refractivity contribution in [1.29, 1.82) is 0 Å². The largest absolute Gasteiger partial charge is 0.306 e. The van der Waals surface area contributed by atoms with E-state index in [0.29, 0.717) is 0 Å². The van der Waals surface area contributed by atoms with Crippen molar-refractivity contribution in [3.63, 3.8) is 0 Å². The normalized spacial score (nSPS) is 10.9. The number of fused-ring (bicyclic) bond motifs is 1. The van der Waals surface area contributed by atoms with E-state index in [2.05, 4.69) is 35.5 Å². The van der Waals surface area contributed by atoms with Gasteiger partial charge >= 0.3 is 0 Å². The average molecular weight is 174 g/mol. The summed E-state index contributed by atoms with van der Waals surface area (Å²) in [6.45, 7) is 4.39. The minimum absolute atomic E-state index is 1.08. The SMILES string of the molecule is CCc1ccn2cncc2c1CC. The third-order valence-corrected chi connectivity index (χ3v) is 2.53. The van der Waals surface area contributed by atoms with Crippen molar-refractivity contribution in [3.05, 3.63) is 35.9 Å². The lowest BCUT2D eigenvalue weighted by atomic mass is 10.0. The molecular weight excluding hydrogens is 160 g/mol. The fourth-order valence-electron chi connectivity index (χ4n) is 1.83. The van der Waals surface area contributed by atoms with Gasteiger partial charge in [0.05, 0.1) is 18.0 Å². The molecule has 2 rings (SSSR count). The Morgan fingerprint density at radius 3 is 2.85 bits per heavy atom. The van der Waals surface area contributed by atoms with Crippen LogP contribution in [0.4, 0.5) is 0 Å². The van der Waals surface area contributed by atoms with Crippen LogP contribution in [0.1, 0.15) is 25.0 Å². The topological polar surface area (TPSA) is 17.3 Å². The molecule has 2 heteroatoms. The van der Waals surface area contributed by atoms with Gasteiger partial charge in [-0.15, -0.1) is 0 Å². The molecule has 2 nitrogen and oxygen atoms in total. The zero-order chi connectivity index (χ0) is 9.26. The Morgan fingerprint density at radius 2 is 2.15 bits per heavy atom. The van der Waals surface area contributed by atoms with Crippen LogP contribution in [0.25, 0.3) is 5.52 Å². The van der Waals surface area contributed by atoms with Gasteiger partial charge in [0.15, 0.2) is 0 Å².